The summed E-state index contributed by atoms with van der Waals surface area (Å²) in [6, 6.07) is 4.05. The lowest BCUT2D eigenvalue weighted by Gasteiger charge is -2.05. The Morgan fingerprint density at radius 2 is 2.05 bits per heavy atom. The molecule has 1 amide bonds. The zero-order valence-electron chi connectivity index (χ0n) is 10.3. The molecular formula is C12H8FN3O5. The minimum Gasteiger partial charge on any atom is -0.478 e. The van der Waals surface area contributed by atoms with Crippen molar-refractivity contribution in [3.05, 3.63) is 57.7 Å². The molecular weight excluding hydrogens is 285 g/mol. The number of H-pyrrole nitrogens is 1. The van der Waals surface area contributed by atoms with Crippen molar-refractivity contribution in [2.75, 3.05) is 5.32 Å². The first-order valence-electron chi connectivity index (χ1n) is 5.55. The van der Waals surface area contributed by atoms with Crippen molar-refractivity contribution in [1.29, 1.82) is 0 Å². The van der Waals surface area contributed by atoms with Crippen LogP contribution in [-0.2, 0) is 0 Å². The van der Waals surface area contributed by atoms with Crippen molar-refractivity contribution in [3.63, 3.8) is 0 Å². The van der Waals surface area contributed by atoms with E-state index < -0.39 is 28.2 Å². The maximum Gasteiger partial charge on any atom is 0.338 e. The molecule has 9 heteroatoms. The molecule has 0 aliphatic rings. The maximum atomic E-state index is 13.2. The van der Waals surface area contributed by atoms with Gasteiger partial charge < -0.3 is 15.4 Å². The van der Waals surface area contributed by atoms with E-state index in [9.17, 15) is 24.1 Å². The number of amides is 1. The average molecular weight is 293 g/mol. The lowest BCUT2D eigenvalue weighted by Crippen LogP contribution is -2.13. The van der Waals surface area contributed by atoms with Crippen molar-refractivity contribution in [2.45, 2.75) is 0 Å². The Morgan fingerprint density at radius 1 is 1.33 bits per heavy atom. The highest BCUT2D eigenvalue weighted by molar-refractivity contribution is 6.04. The second-order valence-corrected chi connectivity index (χ2v) is 3.98. The van der Waals surface area contributed by atoms with E-state index in [-0.39, 0.29) is 17.1 Å². The Labute approximate surface area is 116 Å². The number of anilines is 1. The van der Waals surface area contributed by atoms with Crippen LogP contribution in [0, 0.1) is 15.9 Å². The molecule has 21 heavy (non-hydrogen) atoms. The Hall–Kier alpha value is -3.23. The Morgan fingerprint density at radius 3 is 2.62 bits per heavy atom. The van der Waals surface area contributed by atoms with Gasteiger partial charge in [-0.15, -0.1) is 0 Å². The number of aromatic amines is 1. The van der Waals surface area contributed by atoms with Gasteiger partial charge in [-0.05, 0) is 18.2 Å². The number of hydrogen-bond donors (Lipinski definition) is 3. The molecule has 0 radical (unpaired) electrons. The normalized spacial score (nSPS) is 10.1. The molecule has 0 unspecified atom stereocenters. The van der Waals surface area contributed by atoms with E-state index in [0.717, 1.165) is 24.4 Å². The molecule has 8 nitrogen and oxygen atoms in total. The first-order chi connectivity index (χ1) is 9.88. The highest BCUT2D eigenvalue weighted by Gasteiger charge is 2.16. The minimum absolute atomic E-state index is 0.0519. The number of halogens is 1. The fourth-order valence-electron chi connectivity index (χ4n) is 1.58. The standard InChI is InChI=1S/C12H8FN3O5/c13-9-2-1-6(3-8(9)12(18)19)15-11(17)10-4-7(5-14-10)16(20)21/h1-5,14H,(H,15,17)(H,18,19). The van der Waals surface area contributed by atoms with E-state index in [0.29, 0.717) is 0 Å². The average Bonchev–Trinajstić information content (AvgIpc) is 2.90. The van der Waals surface area contributed by atoms with Gasteiger partial charge in [0.25, 0.3) is 11.6 Å². The van der Waals surface area contributed by atoms with Crippen LogP contribution in [0.2, 0.25) is 0 Å². The molecule has 108 valence electrons. The van der Waals surface area contributed by atoms with E-state index in [1.807, 2.05) is 0 Å². The molecule has 2 aromatic rings. The number of aromatic nitrogens is 1. The molecule has 2 rings (SSSR count). The van der Waals surface area contributed by atoms with E-state index in [2.05, 4.69) is 10.3 Å². The second kappa shape index (κ2) is 5.41. The quantitative estimate of drug-likeness (QED) is 0.587. The maximum absolute atomic E-state index is 13.2. The van der Waals surface area contributed by atoms with Crippen molar-refractivity contribution < 1.29 is 24.0 Å². The number of aromatic carboxylic acids is 1. The molecule has 0 saturated heterocycles. The summed E-state index contributed by atoms with van der Waals surface area (Å²) in [6.07, 6.45) is 1.04. The van der Waals surface area contributed by atoms with Gasteiger partial charge in [-0.25, -0.2) is 9.18 Å². The third kappa shape index (κ3) is 3.03. The molecule has 0 atom stereocenters. The summed E-state index contributed by atoms with van der Waals surface area (Å²) in [5.74, 6) is -3.12. The Bertz CT molecular complexity index is 740. The topological polar surface area (TPSA) is 125 Å². The molecule has 0 fully saturated rings. The van der Waals surface area contributed by atoms with Crippen LogP contribution in [0.1, 0.15) is 20.8 Å². The number of nitro groups is 1. The van der Waals surface area contributed by atoms with Crippen LogP contribution in [0.4, 0.5) is 15.8 Å². The summed E-state index contributed by atoms with van der Waals surface area (Å²) in [4.78, 5) is 34.8. The number of carboxylic acids is 1. The summed E-state index contributed by atoms with van der Waals surface area (Å²) in [5.41, 5.74) is -0.908. The van der Waals surface area contributed by atoms with E-state index in [4.69, 9.17) is 5.11 Å². The number of hydrogen-bond acceptors (Lipinski definition) is 4. The third-order valence-electron chi connectivity index (χ3n) is 2.58. The van der Waals surface area contributed by atoms with Gasteiger partial charge >= 0.3 is 5.97 Å². The van der Waals surface area contributed by atoms with Gasteiger partial charge in [0, 0.05) is 11.8 Å². The highest BCUT2D eigenvalue weighted by atomic mass is 19.1. The number of benzene rings is 1. The number of carbonyl (C=O) groups excluding carboxylic acids is 1. The zero-order chi connectivity index (χ0) is 15.6. The van der Waals surface area contributed by atoms with Crippen LogP contribution in [0.25, 0.3) is 0 Å². The Kier molecular flexibility index (Phi) is 3.65. The second-order valence-electron chi connectivity index (χ2n) is 3.98. The van der Waals surface area contributed by atoms with Gasteiger partial charge in [-0.3, -0.25) is 14.9 Å². The summed E-state index contributed by atoms with van der Waals surface area (Å²) in [5, 5.41) is 21.6. The van der Waals surface area contributed by atoms with Gasteiger partial charge in [0.15, 0.2) is 0 Å². The molecule has 0 saturated carbocycles. The highest BCUT2D eigenvalue weighted by Crippen LogP contribution is 2.17. The van der Waals surface area contributed by atoms with Crippen LogP contribution in [-0.4, -0.2) is 26.9 Å². The molecule has 3 N–H and O–H groups in total. The molecule has 0 bridgehead atoms. The summed E-state index contributed by atoms with van der Waals surface area (Å²) in [6.45, 7) is 0. The van der Waals surface area contributed by atoms with Crippen LogP contribution in [0.5, 0.6) is 0 Å². The smallest absolute Gasteiger partial charge is 0.338 e. The van der Waals surface area contributed by atoms with E-state index >= 15 is 0 Å². The largest absolute Gasteiger partial charge is 0.478 e. The fraction of sp³-hybridized carbons (Fsp3) is 0. The molecule has 0 aliphatic carbocycles. The summed E-state index contributed by atoms with van der Waals surface area (Å²) in [7, 11) is 0. The third-order valence-corrected chi connectivity index (χ3v) is 2.58. The van der Waals surface area contributed by atoms with Crippen molar-refractivity contribution in [2.24, 2.45) is 0 Å². The van der Waals surface area contributed by atoms with Gasteiger partial charge in [-0.1, -0.05) is 0 Å². The fourth-order valence-corrected chi connectivity index (χ4v) is 1.58. The van der Waals surface area contributed by atoms with Crippen LogP contribution >= 0.6 is 0 Å². The lowest BCUT2D eigenvalue weighted by molar-refractivity contribution is -0.384. The van der Waals surface area contributed by atoms with Crippen LogP contribution in [0.3, 0.4) is 0 Å². The van der Waals surface area contributed by atoms with Crippen molar-refractivity contribution in [1.82, 2.24) is 4.98 Å². The van der Waals surface area contributed by atoms with E-state index in [1.54, 1.807) is 0 Å². The predicted molar refractivity (Wildman–Crippen MR) is 68.8 cm³/mol. The number of nitrogens with zero attached hydrogens (tertiary/aromatic N) is 1. The molecule has 0 spiro atoms. The Balaban J connectivity index is 2.21. The van der Waals surface area contributed by atoms with E-state index in [1.165, 1.54) is 6.07 Å². The first kappa shape index (κ1) is 14.2. The zero-order valence-corrected chi connectivity index (χ0v) is 10.3. The summed E-state index contributed by atoms with van der Waals surface area (Å²) < 4.78 is 13.2. The van der Waals surface area contributed by atoms with Gasteiger partial charge in [0.1, 0.15) is 11.5 Å². The molecule has 1 heterocycles. The monoisotopic (exact) mass is 293 g/mol. The lowest BCUT2D eigenvalue weighted by atomic mass is 10.2. The first-order valence-corrected chi connectivity index (χ1v) is 5.55. The van der Waals surface area contributed by atoms with Gasteiger partial charge in [-0.2, -0.15) is 0 Å². The number of carbonyl (C=O) groups is 2. The molecule has 1 aromatic heterocycles. The van der Waals surface area contributed by atoms with Crippen molar-refractivity contribution >= 4 is 23.3 Å². The summed E-state index contributed by atoms with van der Waals surface area (Å²) >= 11 is 0. The molecule has 1 aromatic carbocycles. The number of rotatable bonds is 4. The van der Waals surface area contributed by atoms with Crippen LogP contribution < -0.4 is 5.32 Å². The predicted octanol–water partition coefficient (Wildman–Crippen LogP) is 2.01. The van der Waals surface area contributed by atoms with Gasteiger partial charge in [0.05, 0.1) is 16.7 Å². The van der Waals surface area contributed by atoms with Gasteiger partial charge in [0.2, 0.25) is 0 Å². The number of nitrogens with one attached hydrogen (secondary N) is 2. The van der Waals surface area contributed by atoms with Crippen molar-refractivity contribution in [3.8, 4) is 0 Å². The SMILES string of the molecule is O=C(Nc1ccc(F)c(C(=O)O)c1)c1cc([N+](=O)[O-])c[nH]1. The minimum atomic E-state index is -1.47. The molecule has 0 aliphatic heterocycles. The number of carboxylic acid groups (broad SMARTS) is 1. The van der Waals surface area contributed by atoms with Crippen LogP contribution in [0.15, 0.2) is 30.5 Å².